The molecule has 1 aromatic carbocycles. The van der Waals surface area contributed by atoms with Crippen molar-refractivity contribution in [3.05, 3.63) is 34.5 Å². The topological polar surface area (TPSA) is 39.9 Å². The van der Waals surface area contributed by atoms with Gasteiger partial charge in [0.1, 0.15) is 6.07 Å². The molecule has 20 heavy (non-hydrogen) atoms. The molecule has 0 spiro atoms. The summed E-state index contributed by atoms with van der Waals surface area (Å²) in [6.45, 7) is 3.99. The lowest BCUT2D eigenvalue weighted by atomic mass is 10.0. The Morgan fingerprint density at radius 2 is 2.00 bits per heavy atom. The third kappa shape index (κ3) is 2.10. The molecule has 102 valence electrons. The second-order valence-corrected chi connectivity index (χ2v) is 5.66. The molecular weight excluding hydrogens is 270 g/mol. The predicted molar refractivity (Wildman–Crippen MR) is 82.3 cm³/mol. The van der Waals surface area contributed by atoms with E-state index >= 15 is 0 Å². The summed E-state index contributed by atoms with van der Waals surface area (Å²) in [6, 6.07) is 6.17. The molecule has 3 rings (SSSR count). The Kier molecular flexibility index (Phi) is 3.50. The van der Waals surface area contributed by atoms with Crippen LogP contribution in [0.1, 0.15) is 30.4 Å². The van der Waals surface area contributed by atoms with Gasteiger partial charge in [0.2, 0.25) is 0 Å². The van der Waals surface area contributed by atoms with Gasteiger partial charge in [-0.1, -0.05) is 11.6 Å². The normalized spacial score (nSPS) is 15.3. The first-order valence-electron chi connectivity index (χ1n) is 6.95. The Bertz CT molecular complexity index is 697. The average molecular weight is 286 g/mol. The molecule has 0 N–H and O–H groups in total. The number of hydrogen-bond acceptors (Lipinski definition) is 3. The molecule has 0 atom stereocenters. The van der Waals surface area contributed by atoms with E-state index in [1.165, 1.54) is 19.3 Å². The van der Waals surface area contributed by atoms with E-state index in [1.54, 1.807) is 6.20 Å². The van der Waals surface area contributed by atoms with Crippen LogP contribution < -0.4 is 4.90 Å². The summed E-state index contributed by atoms with van der Waals surface area (Å²) in [6.07, 6.45) is 5.31. The van der Waals surface area contributed by atoms with Gasteiger partial charge in [0.05, 0.1) is 16.8 Å². The number of nitrogens with zero attached hydrogens (tertiary/aromatic N) is 3. The number of hydrogen-bond donors (Lipinski definition) is 0. The summed E-state index contributed by atoms with van der Waals surface area (Å²) in [7, 11) is 0. The Balaban J connectivity index is 2.26. The number of piperidine rings is 1. The van der Waals surface area contributed by atoms with Crippen molar-refractivity contribution in [2.45, 2.75) is 26.2 Å². The van der Waals surface area contributed by atoms with E-state index < -0.39 is 0 Å². The van der Waals surface area contributed by atoms with E-state index in [0.29, 0.717) is 5.56 Å². The predicted octanol–water partition coefficient (Wildman–Crippen LogP) is 4.06. The van der Waals surface area contributed by atoms with Crippen molar-refractivity contribution >= 4 is 28.2 Å². The fourth-order valence-corrected chi connectivity index (χ4v) is 3.06. The van der Waals surface area contributed by atoms with Gasteiger partial charge in [-0.05, 0) is 43.9 Å². The minimum atomic E-state index is 0.654. The first-order chi connectivity index (χ1) is 9.72. The Hall–Kier alpha value is -1.79. The summed E-state index contributed by atoms with van der Waals surface area (Å²) in [4.78, 5) is 6.75. The lowest BCUT2D eigenvalue weighted by Crippen LogP contribution is -2.30. The second-order valence-electron chi connectivity index (χ2n) is 5.25. The SMILES string of the molecule is Cc1c(Cl)ccc2c(N3CCCCC3)c(C#N)cnc12. The maximum absolute atomic E-state index is 9.39. The highest BCUT2D eigenvalue weighted by Gasteiger charge is 2.19. The molecular formula is C16H16ClN3. The van der Waals surface area contributed by atoms with E-state index in [4.69, 9.17) is 11.6 Å². The van der Waals surface area contributed by atoms with Crippen molar-refractivity contribution in [3.8, 4) is 6.07 Å². The van der Waals surface area contributed by atoms with Crippen molar-refractivity contribution < 1.29 is 0 Å². The summed E-state index contributed by atoms with van der Waals surface area (Å²) in [5.41, 5.74) is 3.56. The summed E-state index contributed by atoms with van der Waals surface area (Å²) < 4.78 is 0. The maximum Gasteiger partial charge on any atom is 0.103 e. The first-order valence-corrected chi connectivity index (χ1v) is 7.33. The Morgan fingerprint density at radius 3 is 2.70 bits per heavy atom. The van der Waals surface area contributed by atoms with Crippen LogP contribution >= 0.6 is 11.6 Å². The van der Waals surface area contributed by atoms with Gasteiger partial charge in [-0.2, -0.15) is 5.26 Å². The number of fused-ring (bicyclic) bond motifs is 1. The van der Waals surface area contributed by atoms with Crippen LogP contribution in [-0.4, -0.2) is 18.1 Å². The van der Waals surface area contributed by atoms with Gasteiger partial charge in [0.25, 0.3) is 0 Å². The minimum Gasteiger partial charge on any atom is -0.370 e. The van der Waals surface area contributed by atoms with Crippen molar-refractivity contribution in [3.63, 3.8) is 0 Å². The summed E-state index contributed by atoms with van der Waals surface area (Å²) >= 11 is 6.18. The highest BCUT2D eigenvalue weighted by molar-refractivity contribution is 6.32. The van der Waals surface area contributed by atoms with E-state index in [-0.39, 0.29) is 0 Å². The number of anilines is 1. The zero-order chi connectivity index (χ0) is 14.1. The molecule has 2 heterocycles. The fraction of sp³-hybridized carbons (Fsp3) is 0.375. The monoisotopic (exact) mass is 285 g/mol. The summed E-state index contributed by atoms with van der Waals surface area (Å²) in [5.74, 6) is 0. The average Bonchev–Trinajstić information content (AvgIpc) is 2.50. The lowest BCUT2D eigenvalue weighted by Gasteiger charge is -2.30. The smallest absolute Gasteiger partial charge is 0.103 e. The van der Waals surface area contributed by atoms with E-state index in [2.05, 4.69) is 16.0 Å². The van der Waals surface area contributed by atoms with Gasteiger partial charge in [-0.25, -0.2) is 0 Å². The van der Waals surface area contributed by atoms with E-state index in [9.17, 15) is 5.26 Å². The molecule has 1 fully saturated rings. The standard InChI is InChI=1S/C16H16ClN3/c1-11-14(17)6-5-13-15(11)19-10-12(9-18)16(13)20-7-3-2-4-8-20/h5-6,10H,2-4,7-8H2,1H3. The van der Waals surface area contributed by atoms with Crippen LogP contribution in [0.5, 0.6) is 0 Å². The van der Waals surface area contributed by atoms with Gasteiger partial charge in [0, 0.05) is 29.7 Å². The van der Waals surface area contributed by atoms with Crippen LogP contribution in [0.25, 0.3) is 10.9 Å². The molecule has 1 saturated heterocycles. The van der Waals surface area contributed by atoms with Crippen LogP contribution in [0.3, 0.4) is 0 Å². The molecule has 0 aliphatic carbocycles. The minimum absolute atomic E-state index is 0.654. The molecule has 0 amide bonds. The number of benzene rings is 1. The second kappa shape index (κ2) is 5.30. The van der Waals surface area contributed by atoms with Gasteiger partial charge in [0.15, 0.2) is 0 Å². The van der Waals surface area contributed by atoms with Gasteiger partial charge in [-0.15, -0.1) is 0 Å². The van der Waals surface area contributed by atoms with Crippen LogP contribution in [0, 0.1) is 18.3 Å². The van der Waals surface area contributed by atoms with Crippen LogP contribution in [0.4, 0.5) is 5.69 Å². The van der Waals surface area contributed by atoms with Crippen LogP contribution in [0.2, 0.25) is 5.02 Å². The first kappa shape index (κ1) is 13.2. The molecule has 3 nitrogen and oxygen atoms in total. The highest BCUT2D eigenvalue weighted by Crippen LogP contribution is 2.34. The lowest BCUT2D eigenvalue weighted by molar-refractivity contribution is 0.578. The quantitative estimate of drug-likeness (QED) is 0.793. The molecule has 0 unspecified atom stereocenters. The highest BCUT2D eigenvalue weighted by atomic mass is 35.5. The third-order valence-corrected chi connectivity index (χ3v) is 4.40. The number of pyridine rings is 1. The van der Waals surface area contributed by atoms with Gasteiger partial charge < -0.3 is 4.90 Å². The van der Waals surface area contributed by atoms with Crippen molar-refractivity contribution in [2.24, 2.45) is 0 Å². The van der Waals surface area contributed by atoms with Crippen LogP contribution in [0.15, 0.2) is 18.3 Å². The van der Waals surface area contributed by atoms with E-state index in [1.807, 2.05) is 19.1 Å². The molecule has 4 heteroatoms. The fourth-order valence-electron chi connectivity index (χ4n) is 2.91. The zero-order valence-electron chi connectivity index (χ0n) is 11.5. The van der Waals surface area contributed by atoms with Crippen molar-refractivity contribution in [1.29, 1.82) is 5.26 Å². The number of aromatic nitrogens is 1. The molecule has 0 bridgehead atoms. The maximum atomic E-state index is 9.39. The van der Waals surface area contributed by atoms with Crippen LogP contribution in [-0.2, 0) is 0 Å². The van der Waals surface area contributed by atoms with E-state index in [0.717, 1.165) is 40.3 Å². The van der Waals surface area contributed by atoms with Gasteiger partial charge >= 0.3 is 0 Å². The zero-order valence-corrected chi connectivity index (χ0v) is 12.2. The van der Waals surface area contributed by atoms with Crippen molar-refractivity contribution in [1.82, 2.24) is 4.98 Å². The third-order valence-electron chi connectivity index (χ3n) is 3.99. The van der Waals surface area contributed by atoms with Crippen molar-refractivity contribution in [2.75, 3.05) is 18.0 Å². The molecule has 1 aliphatic rings. The molecule has 1 aromatic heterocycles. The molecule has 2 aromatic rings. The molecule has 0 radical (unpaired) electrons. The number of nitriles is 1. The van der Waals surface area contributed by atoms with Gasteiger partial charge in [-0.3, -0.25) is 4.98 Å². The Labute approximate surface area is 123 Å². The number of rotatable bonds is 1. The Morgan fingerprint density at radius 1 is 1.25 bits per heavy atom. The number of aryl methyl sites for hydroxylation is 1. The number of halogens is 1. The largest absolute Gasteiger partial charge is 0.370 e. The summed E-state index contributed by atoms with van der Waals surface area (Å²) in [5, 5.41) is 11.1. The molecule has 0 saturated carbocycles. The molecule has 1 aliphatic heterocycles.